The van der Waals surface area contributed by atoms with Crippen molar-refractivity contribution in [3.05, 3.63) is 60.3 Å². The van der Waals surface area contributed by atoms with E-state index in [1.54, 1.807) is 13.3 Å². The zero-order valence-corrected chi connectivity index (χ0v) is 13.4. The molecule has 2 aromatic carbocycles. The average Bonchev–Trinajstić information content (AvgIpc) is 3.05. The Hall–Kier alpha value is -3.21. The van der Waals surface area contributed by atoms with Crippen LogP contribution in [0, 0.1) is 6.92 Å². The largest absolute Gasteiger partial charge is 0.497 e. The van der Waals surface area contributed by atoms with E-state index in [1.165, 1.54) is 0 Å². The van der Waals surface area contributed by atoms with Crippen LogP contribution in [0.3, 0.4) is 0 Å². The Bertz CT molecular complexity index is 1010. The molecule has 0 unspecified atom stereocenters. The van der Waals surface area contributed by atoms with Gasteiger partial charge in [-0.3, -0.25) is 5.10 Å². The molecule has 4 rings (SSSR count). The van der Waals surface area contributed by atoms with Gasteiger partial charge < -0.3 is 4.74 Å². The summed E-state index contributed by atoms with van der Waals surface area (Å²) in [6.07, 6.45) is 1.75. The molecule has 0 aliphatic heterocycles. The quantitative estimate of drug-likeness (QED) is 0.620. The molecular formula is C19H16N4O. The zero-order valence-electron chi connectivity index (χ0n) is 13.4. The molecule has 24 heavy (non-hydrogen) atoms. The average molecular weight is 316 g/mol. The lowest BCUT2D eigenvalue weighted by Crippen LogP contribution is -1.90. The molecule has 0 saturated heterocycles. The van der Waals surface area contributed by atoms with Crippen LogP contribution in [0.4, 0.5) is 0 Å². The molecule has 2 heterocycles. The van der Waals surface area contributed by atoms with Crippen LogP contribution in [0.25, 0.3) is 33.7 Å². The van der Waals surface area contributed by atoms with Crippen molar-refractivity contribution in [3.63, 3.8) is 0 Å². The van der Waals surface area contributed by atoms with Gasteiger partial charge in [0.05, 0.1) is 24.7 Å². The Labute approximate surface area is 139 Å². The highest BCUT2D eigenvalue weighted by Gasteiger charge is 2.14. The molecule has 0 aliphatic carbocycles. The number of hydrogen-bond donors (Lipinski definition) is 1. The first-order valence-corrected chi connectivity index (χ1v) is 7.68. The number of aromatic nitrogens is 4. The van der Waals surface area contributed by atoms with Crippen LogP contribution >= 0.6 is 0 Å². The van der Waals surface area contributed by atoms with Crippen LogP contribution < -0.4 is 4.74 Å². The molecule has 118 valence electrons. The minimum absolute atomic E-state index is 0.611. The van der Waals surface area contributed by atoms with E-state index in [-0.39, 0.29) is 0 Å². The maximum atomic E-state index is 5.28. The lowest BCUT2D eigenvalue weighted by atomic mass is 10.0. The predicted molar refractivity (Wildman–Crippen MR) is 93.8 cm³/mol. The van der Waals surface area contributed by atoms with Gasteiger partial charge in [-0.2, -0.15) is 5.10 Å². The van der Waals surface area contributed by atoms with Gasteiger partial charge in [-0.25, -0.2) is 9.97 Å². The summed E-state index contributed by atoms with van der Waals surface area (Å²) >= 11 is 0. The van der Waals surface area contributed by atoms with Crippen LogP contribution in [0.1, 0.15) is 5.56 Å². The van der Waals surface area contributed by atoms with Gasteiger partial charge in [-0.05, 0) is 30.7 Å². The first kappa shape index (κ1) is 14.4. The normalized spacial score (nSPS) is 10.9. The Morgan fingerprint density at radius 2 is 1.88 bits per heavy atom. The minimum atomic E-state index is 0.611. The molecule has 0 amide bonds. The van der Waals surface area contributed by atoms with Crippen LogP contribution in [0.5, 0.6) is 5.75 Å². The highest BCUT2D eigenvalue weighted by atomic mass is 16.5. The van der Waals surface area contributed by atoms with Crippen molar-refractivity contribution in [2.24, 2.45) is 0 Å². The number of hydrogen-bond acceptors (Lipinski definition) is 4. The summed E-state index contributed by atoms with van der Waals surface area (Å²) in [4.78, 5) is 9.22. The second-order valence-electron chi connectivity index (χ2n) is 5.57. The van der Waals surface area contributed by atoms with Gasteiger partial charge in [0, 0.05) is 11.1 Å². The van der Waals surface area contributed by atoms with Gasteiger partial charge in [0.15, 0.2) is 5.65 Å². The van der Waals surface area contributed by atoms with Crippen molar-refractivity contribution >= 4 is 11.2 Å². The van der Waals surface area contributed by atoms with Crippen LogP contribution in [-0.4, -0.2) is 27.3 Å². The Kier molecular flexibility index (Phi) is 3.46. The summed E-state index contributed by atoms with van der Waals surface area (Å²) < 4.78 is 5.28. The number of rotatable bonds is 3. The Morgan fingerprint density at radius 3 is 2.62 bits per heavy atom. The van der Waals surface area contributed by atoms with Crippen molar-refractivity contribution < 1.29 is 4.74 Å². The molecule has 4 aromatic rings. The van der Waals surface area contributed by atoms with Crippen molar-refractivity contribution in [1.29, 1.82) is 0 Å². The van der Waals surface area contributed by atoms with Gasteiger partial charge in [-0.1, -0.05) is 30.3 Å². The second kappa shape index (κ2) is 5.77. The number of aryl methyl sites for hydroxylation is 1. The van der Waals surface area contributed by atoms with Gasteiger partial charge >= 0.3 is 0 Å². The van der Waals surface area contributed by atoms with Crippen molar-refractivity contribution in [3.8, 4) is 28.3 Å². The summed E-state index contributed by atoms with van der Waals surface area (Å²) in [5.74, 6) is 0.830. The molecule has 0 atom stereocenters. The highest BCUT2D eigenvalue weighted by molar-refractivity contribution is 5.89. The van der Waals surface area contributed by atoms with Crippen molar-refractivity contribution in [2.45, 2.75) is 6.92 Å². The lowest BCUT2D eigenvalue weighted by molar-refractivity contribution is 0.414. The van der Waals surface area contributed by atoms with Crippen LogP contribution in [-0.2, 0) is 0 Å². The van der Waals surface area contributed by atoms with Crippen molar-refractivity contribution in [2.75, 3.05) is 7.11 Å². The van der Waals surface area contributed by atoms with Crippen molar-refractivity contribution in [1.82, 2.24) is 20.2 Å². The van der Waals surface area contributed by atoms with E-state index in [1.807, 2.05) is 55.5 Å². The second-order valence-corrected chi connectivity index (χ2v) is 5.57. The smallest absolute Gasteiger partial charge is 0.200 e. The molecule has 0 aliphatic rings. The maximum absolute atomic E-state index is 5.28. The summed E-state index contributed by atoms with van der Waals surface area (Å²) in [5, 5.41) is 7.35. The standard InChI is InChI=1S/C19H16N4O/c1-12-10-14(24-2)8-9-15(12)17-18-19(23-22-17)20-11-16(21-18)13-6-4-3-5-7-13/h3-11H,1-2H3,(H,20,22,23). The van der Waals surface area contributed by atoms with Crippen LogP contribution in [0.15, 0.2) is 54.7 Å². The summed E-state index contributed by atoms with van der Waals surface area (Å²) in [7, 11) is 1.66. The Balaban J connectivity index is 1.88. The molecule has 0 fully saturated rings. The number of benzene rings is 2. The third-order valence-electron chi connectivity index (χ3n) is 4.04. The SMILES string of the molecule is COc1ccc(-c2[nH]nc3ncc(-c4ccccc4)nc23)c(C)c1. The van der Waals surface area contributed by atoms with E-state index < -0.39 is 0 Å². The topological polar surface area (TPSA) is 63.7 Å². The molecule has 2 aromatic heterocycles. The fraction of sp³-hybridized carbons (Fsp3) is 0.105. The fourth-order valence-electron chi connectivity index (χ4n) is 2.77. The zero-order chi connectivity index (χ0) is 16.5. The molecule has 0 saturated carbocycles. The third kappa shape index (κ3) is 2.40. The number of methoxy groups -OCH3 is 1. The first-order chi connectivity index (χ1) is 11.8. The summed E-state index contributed by atoms with van der Waals surface area (Å²) in [6.45, 7) is 2.04. The highest BCUT2D eigenvalue weighted by Crippen LogP contribution is 2.30. The lowest BCUT2D eigenvalue weighted by Gasteiger charge is -2.07. The molecular weight excluding hydrogens is 300 g/mol. The summed E-state index contributed by atoms with van der Waals surface area (Å²) in [6, 6.07) is 16.0. The minimum Gasteiger partial charge on any atom is -0.497 e. The fourth-order valence-corrected chi connectivity index (χ4v) is 2.77. The number of fused-ring (bicyclic) bond motifs is 1. The van der Waals surface area contributed by atoms with E-state index in [9.17, 15) is 0 Å². The van der Waals surface area contributed by atoms with Gasteiger partial charge in [0.1, 0.15) is 11.3 Å². The summed E-state index contributed by atoms with van der Waals surface area (Å²) in [5.41, 5.74) is 6.24. The molecule has 5 nitrogen and oxygen atoms in total. The molecule has 5 heteroatoms. The van der Waals surface area contributed by atoms with E-state index in [2.05, 4.69) is 15.2 Å². The first-order valence-electron chi connectivity index (χ1n) is 7.68. The molecule has 1 N–H and O–H groups in total. The molecule has 0 bridgehead atoms. The van der Waals surface area contributed by atoms with Gasteiger partial charge in [-0.15, -0.1) is 0 Å². The monoisotopic (exact) mass is 316 g/mol. The number of nitrogens with one attached hydrogen (secondary N) is 1. The van der Waals surface area contributed by atoms with E-state index in [0.29, 0.717) is 5.65 Å². The number of H-pyrrole nitrogens is 1. The number of nitrogens with zero attached hydrogens (tertiary/aromatic N) is 3. The van der Waals surface area contributed by atoms with Gasteiger partial charge in [0.25, 0.3) is 0 Å². The maximum Gasteiger partial charge on any atom is 0.200 e. The Morgan fingerprint density at radius 1 is 1.04 bits per heavy atom. The van der Waals surface area contributed by atoms with E-state index in [4.69, 9.17) is 9.72 Å². The van der Waals surface area contributed by atoms with Crippen LogP contribution in [0.2, 0.25) is 0 Å². The van der Waals surface area contributed by atoms with E-state index in [0.717, 1.165) is 39.3 Å². The van der Waals surface area contributed by atoms with Gasteiger partial charge in [0.2, 0.25) is 0 Å². The molecule has 0 radical (unpaired) electrons. The van der Waals surface area contributed by atoms with E-state index >= 15 is 0 Å². The number of aromatic amines is 1. The molecule has 0 spiro atoms. The third-order valence-corrected chi connectivity index (χ3v) is 4.04. The number of ether oxygens (including phenoxy) is 1. The predicted octanol–water partition coefficient (Wildman–Crippen LogP) is 4.00.